The van der Waals surface area contributed by atoms with Gasteiger partial charge in [-0.25, -0.2) is 4.57 Å². The SMILES string of the molecule is CCC=CCC=CCC=CCC=CCC=CCCCCCC(=O)OC(COC(=O)CCCCC=CCC=CCC=CCCCCC)COP(=O)(O)OCCN. The molecule has 55 heavy (non-hydrogen) atoms. The number of carbonyl (C=O) groups is 2. The summed E-state index contributed by atoms with van der Waals surface area (Å²) >= 11 is 0. The van der Waals surface area contributed by atoms with E-state index in [1.54, 1.807) is 0 Å². The molecule has 0 aliphatic rings. The third-order valence-electron chi connectivity index (χ3n) is 7.95. The molecule has 0 aromatic carbocycles. The molecule has 9 nitrogen and oxygen atoms in total. The molecule has 0 amide bonds. The van der Waals surface area contributed by atoms with Crippen LogP contribution in [0.2, 0.25) is 0 Å². The predicted octanol–water partition coefficient (Wildman–Crippen LogP) is 11.8. The van der Waals surface area contributed by atoms with Crippen molar-refractivity contribution in [1.82, 2.24) is 0 Å². The van der Waals surface area contributed by atoms with E-state index >= 15 is 0 Å². The van der Waals surface area contributed by atoms with Crippen molar-refractivity contribution < 1.29 is 37.6 Å². The Morgan fingerprint density at radius 3 is 1.49 bits per heavy atom. The highest BCUT2D eigenvalue weighted by molar-refractivity contribution is 7.47. The van der Waals surface area contributed by atoms with Crippen molar-refractivity contribution in [3.8, 4) is 0 Å². The number of rotatable bonds is 37. The first kappa shape index (κ1) is 51.9. The number of phosphoric acid groups is 1. The smallest absolute Gasteiger partial charge is 0.462 e. The van der Waals surface area contributed by atoms with Gasteiger partial charge in [0.15, 0.2) is 6.10 Å². The second-order valence-electron chi connectivity index (χ2n) is 13.1. The summed E-state index contributed by atoms with van der Waals surface area (Å²) in [4.78, 5) is 34.8. The topological polar surface area (TPSA) is 134 Å². The molecule has 0 aliphatic carbocycles. The van der Waals surface area contributed by atoms with Crippen molar-refractivity contribution in [2.75, 3.05) is 26.4 Å². The fraction of sp³-hybridized carbons (Fsp3) is 0.600. The van der Waals surface area contributed by atoms with Crippen molar-refractivity contribution in [2.24, 2.45) is 5.73 Å². The van der Waals surface area contributed by atoms with Gasteiger partial charge in [-0.2, -0.15) is 0 Å². The quantitative estimate of drug-likeness (QED) is 0.0273. The summed E-state index contributed by atoms with van der Waals surface area (Å²) in [6.07, 6.45) is 51.5. The molecule has 312 valence electrons. The second kappa shape index (κ2) is 40.6. The Kier molecular flexibility index (Phi) is 38.3. The molecule has 2 unspecified atom stereocenters. The maximum Gasteiger partial charge on any atom is 0.472 e. The Morgan fingerprint density at radius 2 is 1.00 bits per heavy atom. The van der Waals surface area contributed by atoms with Crippen molar-refractivity contribution in [3.05, 3.63) is 97.2 Å². The van der Waals surface area contributed by atoms with Crippen LogP contribution in [0.25, 0.3) is 0 Å². The van der Waals surface area contributed by atoms with Gasteiger partial charge in [0, 0.05) is 19.4 Å². The molecule has 0 rings (SSSR count). The van der Waals surface area contributed by atoms with Gasteiger partial charge in [-0.1, -0.05) is 130 Å². The fourth-order valence-electron chi connectivity index (χ4n) is 4.90. The van der Waals surface area contributed by atoms with Crippen LogP contribution in [0.4, 0.5) is 0 Å². The van der Waals surface area contributed by atoms with Crippen LogP contribution in [0.3, 0.4) is 0 Å². The number of nitrogens with two attached hydrogens (primary N) is 1. The minimum atomic E-state index is -4.40. The molecule has 0 aromatic rings. The van der Waals surface area contributed by atoms with Crippen LogP contribution < -0.4 is 5.73 Å². The fourth-order valence-corrected chi connectivity index (χ4v) is 5.67. The lowest BCUT2D eigenvalue weighted by molar-refractivity contribution is -0.161. The number of unbranched alkanes of at least 4 members (excludes halogenated alkanes) is 8. The first-order valence-electron chi connectivity index (χ1n) is 20.7. The Hall–Kier alpha value is -3.07. The van der Waals surface area contributed by atoms with Crippen molar-refractivity contribution in [2.45, 2.75) is 148 Å². The second-order valence-corrected chi connectivity index (χ2v) is 14.6. The Morgan fingerprint density at radius 1 is 0.564 bits per heavy atom. The molecule has 0 aliphatic heterocycles. The third kappa shape index (κ3) is 40.4. The van der Waals surface area contributed by atoms with Gasteiger partial charge in [0.05, 0.1) is 13.2 Å². The normalized spacial score (nSPS) is 14.3. The van der Waals surface area contributed by atoms with Gasteiger partial charge in [-0.05, 0) is 96.3 Å². The molecule has 0 radical (unpaired) electrons. The van der Waals surface area contributed by atoms with Gasteiger partial charge < -0.3 is 20.1 Å². The summed E-state index contributed by atoms with van der Waals surface area (Å²) in [5.41, 5.74) is 5.34. The number of esters is 2. The molecule has 0 aromatic heterocycles. The maximum absolute atomic E-state index is 12.6. The lowest BCUT2D eigenvalue weighted by Crippen LogP contribution is -2.29. The molecule has 2 atom stereocenters. The van der Waals surface area contributed by atoms with Gasteiger partial charge >= 0.3 is 19.8 Å². The van der Waals surface area contributed by atoms with E-state index in [4.69, 9.17) is 24.3 Å². The molecular formula is C45H74NO8P. The summed E-state index contributed by atoms with van der Waals surface area (Å²) in [5, 5.41) is 0. The van der Waals surface area contributed by atoms with E-state index in [0.29, 0.717) is 12.8 Å². The predicted molar refractivity (Wildman–Crippen MR) is 228 cm³/mol. The molecule has 0 heterocycles. The average Bonchev–Trinajstić information content (AvgIpc) is 3.17. The summed E-state index contributed by atoms with van der Waals surface area (Å²) in [7, 11) is -4.40. The summed E-state index contributed by atoms with van der Waals surface area (Å²) in [6, 6.07) is 0. The molecule has 0 bridgehead atoms. The number of phosphoric ester groups is 1. The van der Waals surface area contributed by atoms with E-state index in [2.05, 4.69) is 111 Å². The van der Waals surface area contributed by atoms with Crippen molar-refractivity contribution in [1.29, 1.82) is 0 Å². The van der Waals surface area contributed by atoms with Crippen LogP contribution >= 0.6 is 7.82 Å². The lowest BCUT2D eigenvalue weighted by atomic mass is 10.1. The zero-order valence-corrected chi connectivity index (χ0v) is 35.0. The highest BCUT2D eigenvalue weighted by Gasteiger charge is 2.25. The molecule has 0 fully saturated rings. The first-order valence-corrected chi connectivity index (χ1v) is 22.2. The van der Waals surface area contributed by atoms with Crippen LogP contribution in [0.5, 0.6) is 0 Å². The highest BCUT2D eigenvalue weighted by atomic mass is 31.2. The number of ether oxygens (including phenoxy) is 2. The molecule has 0 saturated heterocycles. The maximum atomic E-state index is 12.6. The minimum Gasteiger partial charge on any atom is -0.462 e. The van der Waals surface area contributed by atoms with E-state index in [9.17, 15) is 19.0 Å². The van der Waals surface area contributed by atoms with Gasteiger partial charge in [0.2, 0.25) is 0 Å². The van der Waals surface area contributed by atoms with Crippen LogP contribution in [0.15, 0.2) is 97.2 Å². The largest absolute Gasteiger partial charge is 0.472 e. The van der Waals surface area contributed by atoms with E-state index in [-0.39, 0.29) is 32.6 Å². The number of allylic oxidation sites excluding steroid dienone is 16. The molecule has 0 spiro atoms. The average molecular weight is 788 g/mol. The van der Waals surface area contributed by atoms with Crippen LogP contribution in [-0.2, 0) is 32.7 Å². The monoisotopic (exact) mass is 788 g/mol. The number of hydrogen-bond donors (Lipinski definition) is 2. The van der Waals surface area contributed by atoms with Gasteiger partial charge in [-0.15, -0.1) is 0 Å². The number of hydrogen-bond acceptors (Lipinski definition) is 8. The third-order valence-corrected chi connectivity index (χ3v) is 8.94. The van der Waals surface area contributed by atoms with E-state index < -0.39 is 32.5 Å². The standard InChI is InChI=1S/C45H74NO8P/c1-3-5-7-9-11-13-15-17-19-20-21-22-24-26-28-30-32-34-36-38-45(48)54-43(42-53-55(49,50)52-40-39-46)41-51-44(47)37-35-33-31-29-27-25-23-18-16-14-12-10-8-6-4-2/h5,7,11-14,17-19,21-23,26-29,43H,3-4,6,8-10,15-16,20,24-25,30-42,46H2,1-2H3,(H,49,50). The lowest BCUT2D eigenvalue weighted by Gasteiger charge is -2.19. The van der Waals surface area contributed by atoms with Crippen molar-refractivity contribution in [3.63, 3.8) is 0 Å². The van der Waals surface area contributed by atoms with Crippen LogP contribution in [0.1, 0.15) is 142 Å². The van der Waals surface area contributed by atoms with Crippen LogP contribution in [-0.4, -0.2) is 49.3 Å². The Balaban J connectivity index is 4.34. The highest BCUT2D eigenvalue weighted by Crippen LogP contribution is 2.43. The Labute approximate surface area is 334 Å². The van der Waals surface area contributed by atoms with Gasteiger partial charge in [-0.3, -0.25) is 18.6 Å². The zero-order chi connectivity index (χ0) is 40.3. The minimum absolute atomic E-state index is 0.0367. The van der Waals surface area contributed by atoms with E-state index in [1.165, 1.54) is 19.3 Å². The number of carbonyl (C=O) groups excluding carboxylic acids is 2. The van der Waals surface area contributed by atoms with E-state index in [0.717, 1.165) is 83.5 Å². The van der Waals surface area contributed by atoms with Gasteiger partial charge in [0.1, 0.15) is 6.61 Å². The van der Waals surface area contributed by atoms with E-state index in [1.807, 2.05) is 0 Å². The van der Waals surface area contributed by atoms with Crippen LogP contribution in [0, 0.1) is 0 Å². The van der Waals surface area contributed by atoms with Crippen molar-refractivity contribution >= 4 is 19.8 Å². The molecule has 3 N–H and O–H groups in total. The first-order chi connectivity index (χ1) is 26.8. The summed E-state index contributed by atoms with van der Waals surface area (Å²) < 4.78 is 32.7. The zero-order valence-electron chi connectivity index (χ0n) is 34.1. The molecule has 10 heteroatoms. The molecular weight excluding hydrogens is 713 g/mol. The molecule has 0 saturated carbocycles. The summed E-state index contributed by atoms with van der Waals surface area (Å²) in [5.74, 6) is -0.923. The Bertz CT molecular complexity index is 1220. The summed E-state index contributed by atoms with van der Waals surface area (Å²) in [6.45, 7) is 3.47. The van der Waals surface area contributed by atoms with Gasteiger partial charge in [0.25, 0.3) is 0 Å².